The topological polar surface area (TPSA) is 40.5 Å². The van der Waals surface area contributed by atoms with Gasteiger partial charge in [0.25, 0.3) is 0 Å². The van der Waals surface area contributed by atoms with E-state index in [1.807, 2.05) is 0 Å². The largest absolute Gasteiger partial charge is 0.488 e. The average molecular weight is 218 g/mol. The van der Waals surface area contributed by atoms with Crippen LogP contribution in [-0.4, -0.2) is 17.2 Å². The molecule has 6 heteroatoms. The number of halogens is 3. The second-order valence-corrected chi connectivity index (χ2v) is 3.14. The molecule has 0 bridgehead atoms. The molecule has 82 valence electrons. The predicted octanol–water partition coefficient (Wildman–Crippen LogP) is 0.948. The zero-order valence-electron chi connectivity index (χ0n) is 8.04. The van der Waals surface area contributed by atoms with Crippen molar-refractivity contribution in [3.05, 3.63) is 29.3 Å². The summed E-state index contributed by atoms with van der Waals surface area (Å²) in [5.74, 6) is 0. The molecular weight excluding hydrogens is 208 g/mol. The van der Waals surface area contributed by atoms with Gasteiger partial charge in [0.15, 0.2) is 0 Å². The zero-order chi connectivity index (χ0) is 11.6. The normalized spacial score (nSPS) is 11.6. The van der Waals surface area contributed by atoms with Crippen LogP contribution < -0.4 is 5.46 Å². The Morgan fingerprint density at radius 1 is 1.27 bits per heavy atom. The molecule has 0 fully saturated rings. The van der Waals surface area contributed by atoms with Crippen LogP contribution in [0.4, 0.5) is 13.2 Å². The van der Waals surface area contributed by atoms with Gasteiger partial charge in [0.1, 0.15) is 0 Å². The molecule has 1 aromatic carbocycles. The Kier molecular flexibility index (Phi) is 3.41. The second kappa shape index (κ2) is 4.24. The van der Waals surface area contributed by atoms with Gasteiger partial charge in [-0.3, -0.25) is 0 Å². The summed E-state index contributed by atoms with van der Waals surface area (Å²) < 4.78 is 37.3. The molecule has 2 N–H and O–H groups in total. The summed E-state index contributed by atoms with van der Waals surface area (Å²) in [5.41, 5.74) is -0.595. The first-order valence-corrected chi connectivity index (χ1v) is 4.42. The van der Waals surface area contributed by atoms with Gasteiger partial charge in [-0.1, -0.05) is 25.1 Å². The van der Waals surface area contributed by atoms with Crippen LogP contribution in [0.1, 0.15) is 18.1 Å². The molecule has 0 amide bonds. The molecule has 0 radical (unpaired) electrons. The molecule has 15 heavy (non-hydrogen) atoms. The van der Waals surface area contributed by atoms with E-state index in [4.69, 9.17) is 10.0 Å². The van der Waals surface area contributed by atoms with E-state index in [1.54, 1.807) is 6.92 Å². The van der Waals surface area contributed by atoms with Crippen molar-refractivity contribution in [2.75, 3.05) is 0 Å². The molecule has 0 heterocycles. The Hall–Kier alpha value is -1.01. The summed E-state index contributed by atoms with van der Waals surface area (Å²) in [4.78, 5) is 0. The fraction of sp³-hybridized carbons (Fsp3) is 0.333. The van der Waals surface area contributed by atoms with Gasteiger partial charge < -0.3 is 10.0 Å². The summed E-state index contributed by atoms with van der Waals surface area (Å²) in [6.45, 7) is 1.58. The van der Waals surface area contributed by atoms with Crippen molar-refractivity contribution in [3.8, 4) is 0 Å². The van der Waals surface area contributed by atoms with Crippen LogP contribution in [-0.2, 0) is 12.6 Å². The highest BCUT2D eigenvalue weighted by Crippen LogP contribution is 2.31. The summed E-state index contributed by atoms with van der Waals surface area (Å²) in [6.07, 6.45) is -4.21. The lowest BCUT2D eigenvalue weighted by Gasteiger charge is -2.12. The highest BCUT2D eigenvalue weighted by atomic mass is 19.4. The highest BCUT2D eigenvalue weighted by Gasteiger charge is 2.33. The minimum Gasteiger partial charge on any atom is -0.423 e. The average Bonchev–Trinajstić information content (AvgIpc) is 2.15. The number of rotatable bonds is 2. The molecule has 0 aliphatic rings. The Morgan fingerprint density at radius 3 is 2.27 bits per heavy atom. The Balaban J connectivity index is 3.21. The SMILES string of the molecule is CCc1cc(B(O)O)ccc1C(F)(F)F. The van der Waals surface area contributed by atoms with Crippen LogP contribution in [0.25, 0.3) is 0 Å². The maximum atomic E-state index is 12.4. The van der Waals surface area contributed by atoms with Gasteiger partial charge in [-0.2, -0.15) is 13.2 Å². The Morgan fingerprint density at radius 2 is 1.87 bits per heavy atom. The van der Waals surface area contributed by atoms with E-state index in [2.05, 4.69) is 0 Å². The van der Waals surface area contributed by atoms with Gasteiger partial charge in [-0.05, 0) is 17.4 Å². The van der Waals surface area contributed by atoms with Crippen molar-refractivity contribution in [1.82, 2.24) is 0 Å². The fourth-order valence-corrected chi connectivity index (χ4v) is 1.34. The van der Waals surface area contributed by atoms with Gasteiger partial charge in [-0.25, -0.2) is 0 Å². The first-order valence-electron chi connectivity index (χ1n) is 4.42. The van der Waals surface area contributed by atoms with E-state index < -0.39 is 18.9 Å². The first-order chi connectivity index (χ1) is 6.86. The van der Waals surface area contributed by atoms with Crippen LogP contribution >= 0.6 is 0 Å². The smallest absolute Gasteiger partial charge is 0.423 e. The Bertz CT molecular complexity index is 350. The van der Waals surface area contributed by atoms with E-state index >= 15 is 0 Å². The summed E-state index contributed by atoms with van der Waals surface area (Å²) in [6, 6.07) is 3.09. The van der Waals surface area contributed by atoms with E-state index in [9.17, 15) is 13.2 Å². The van der Waals surface area contributed by atoms with E-state index in [1.165, 1.54) is 0 Å². The van der Waals surface area contributed by atoms with Crippen LogP contribution in [0.5, 0.6) is 0 Å². The Labute approximate surface area is 85.5 Å². The van der Waals surface area contributed by atoms with Gasteiger partial charge in [0.05, 0.1) is 5.56 Å². The van der Waals surface area contributed by atoms with Crippen LogP contribution in [0.2, 0.25) is 0 Å². The molecule has 1 rings (SSSR count). The standard InChI is InChI=1S/C9H10BF3O2/c1-2-6-5-7(10(14)15)3-4-8(6)9(11,12)13/h3-5,14-15H,2H2,1H3. The third kappa shape index (κ3) is 2.73. The summed E-state index contributed by atoms with van der Waals surface area (Å²) in [5, 5.41) is 17.6. The molecule has 0 saturated heterocycles. The third-order valence-electron chi connectivity index (χ3n) is 2.11. The van der Waals surface area contributed by atoms with Crippen molar-refractivity contribution < 1.29 is 23.2 Å². The van der Waals surface area contributed by atoms with Crippen molar-refractivity contribution in [2.24, 2.45) is 0 Å². The van der Waals surface area contributed by atoms with Crippen molar-refractivity contribution in [1.29, 1.82) is 0 Å². The summed E-state index contributed by atoms with van der Waals surface area (Å²) >= 11 is 0. The molecule has 2 nitrogen and oxygen atoms in total. The maximum absolute atomic E-state index is 12.4. The maximum Gasteiger partial charge on any atom is 0.488 e. The lowest BCUT2D eigenvalue weighted by molar-refractivity contribution is -0.138. The monoisotopic (exact) mass is 218 g/mol. The number of hydrogen-bond donors (Lipinski definition) is 2. The predicted molar refractivity (Wildman–Crippen MR) is 50.6 cm³/mol. The van der Waals surface area contributed by atoms with Gasteiger partial charge in [0, 0.05) is 0 Å². The number of benzene rings is 1. The number of hydrogen-bond acceptors (Lipinski definition) is 2. The number of aryl methyl sites for hydroxylation is 1. The molecule has 0 unspecified atom stereocenters. The first kappa shape index (κ1) is 12.1. The molecule has 0 spiro atoms. The van der Waals surface area contributed by atoms with E-state index in [0.29, 0.717) is 0 Å². The lowest BCUT2D eigenvalue weighted by atomic mass is 9.78. The molecule has 1 aromatic rings. The highest BCUT2D eigenvalue weighted by molar-refractivity contribution is 6.58. The van der Waals surface area contributed by atoms with Crippen LogP contribution in [0.3, 0.4) is 0 Å². The molecule has 0 saturated carbocycles. The second-order valence-electron chi connectivity index (χ2n) is 3.14. The van der Waals surface area contributed by atoms with Crippen molar-refractivity contribution in [2.45, 2.75) is 19.5 Å². The molecule has 0 atom stereocenters. The molecule has 0 aliphatic carbocycles. The van der Waals surface area contributed by atoms with Gasteiger partial charge in [0.2, 0.25) is 0 Å². The summed E-state index contributed by atoms with van der Waals surface area (Å²) in [7, 11) is -1.74. The van der Waals surface area contributed by atoms with E-state index in [-0.39, 0.29) is 17.4 Å². The van der Waals surface area contributed by atoms with Crippen molar-refractivity contribution >= 4 is 12.6 Å². The third-order valence-corrected chi connectivity index (χ3v) is 2.11. The minimum atomic E-state index is -4.40. The van der Waals surface area contributed by atoms with Crippen LogP contribution in [0, 0.1) is 0 Å². The lowest BCUT2D eigenvalue weighted by Crippen LogP contribution is -2.30. The van der Waals surface area contributed by atoms with E-state index in [0.717, 1.165) is 18.2 Å². The van der Waals surface area contributed by atoms with Gasteiger partial charge >= 0.3 is 13.3 Å². The van der Waals surface area contributed by atoms with Crippen LogP contribution in [0.15, 0.2) is 18.2 Å². The number of alkyl halides is 3. The molecular formula is C9H10BF3O2. The quantitative estimate of drug-likeness (QED) is 0.725. The fourth-order valence-electron chi connectivity index (χ4n) is 1.34. The zero-order valence-corrected chi connectivity index (χ0v) is 8.04. The minimum absolute atomic E-state index is 0.0631. The molecule has 0 aliphatic heterocycles. The van der Waals surface area contributed by atoms with Crippen molar-refractivity contribution in [3.63, 3.8) is 0 Å². The molecule has 0 aromatic heterocycles. The van der Waals surface area contributed by atoms with Gasteiger partial charge in [-0.15, -0.1) is 0 Å².